The first kappa shape index (κ1) is 9.55. The average Bonchev–Trinajstić information content (AvgIpc) is 2.57. The van der Waals surface area contributed by atoms with Crippen molar-refractivity contribution in [3.8, 4) is 11.3 Å². The van der Waals surface area contributed by atoms with Gasteiger partial charge in [-0.15, -0.1) is 0 Å². The molecule has 2 aromatic rings. The lowest BCUT2D eigenvalue weighted by Gasteiger charge is -2.02. The highest BCUT2D eigenvalue weighted by Gasteiger charge is 2.12. The molecular formula is C9H6ClFN2S. The molecule has 2 nitrogen and oxygen atoms in total. The van der Waals surface area contributed by atoms with Crippen molar-refractivity contribution in [1.82, 2.24) is 8.75 Å². The lowest BCUT2D eigenvalue weighted by Crippen LogP contribution is -1.88. The molecule has 0 amide bonds. The Morgan fingerprint density at radius 3 is 2.79 bits per heavy atom. The molecule has 0 fully saturated rings. The van der Waals surface area contributed by atoms with E-state index in [0.717, 1.165) is 11.7 Å². The van der Waals surface area contributed by atoms with Crippen LogP contribution in [0, 0.1) is 12.7 Å². The predicted molar refractivity (Wildman–Crippen MR) is 55.1 cm³/mol. The highest BCUT2D eigenvalue weighted by Crippen LogP contribution is 2.29. The van der Waals surface area contributed by atoms with Crippen LogP contribution in [-0.2, 0) is 0 Å². The van der Waals surface area contributed by atoms with Gasteiger partial charge in [0.1, 0.15) is 11.5 Å². The highest BCUT2D eigenvalue weighted by molar-refractivity contribution is 6.99. The number of aromatic nitrogens is 2. The lowest BCUT2D eigenvalue weighted by molar-refractivity contribution is 0.619. The second-order valence-corrected chi connectivity index (χ2v) is 3.70. The molecule has 0 saturated carbocycles. The van der Waals surface area contributed by atoms with Crippen molar-refractivity contribution in [2.75, 3.05) is 0 Å². The van der Waals surface area contributed by atoms with Crippen molar-refractivity contribution in [3.63, 3.8) is 0 Å². The first-order valence-electron chi connectivity index (χ1n) is 3.93. The number of rotatable bonds is 1. The molecule has 0 atom stereocenters. The fourth-order valence-corrected chi connectivity index (χ4v) is 1.95. The van der Waals surface area contributed by atoms with E-state index in [-0.39, 0.29) is 5.82 Å². The van der Waals surface area contributed by atoms with E-state index < -0.39 is 0 Å². The van der Waals surface area contributed by atoms with Gasteiger partial charge in [-0.05, 0) is 18.6 Å². The number of hydrogen-bond donors (Lipinski definition) is 0. The summed E-state index contributed by atoms with van der Waals surface area (Å²) in [5.74, 6) is -0.258. The third-order valence-electron chi connectivity index (χ3n) is 1.97. The summed E-state index contributed by atoms with van der Waals surface area (Å²) in [6, 6.07) is 4.82. The Morgan fingerprint density at radius 2 is 2.14 bits per heavy atom. The Balaban J connectivity index is 2.63. The van der Waals surface area contributed by atoms with Crippen molar-refractivity contribution in [2.45, 2.75) is 6.92 Å². The van der Waals surface area contributed by atoms with Crippen LogP contribution >= 0.6 is 23.3 Å². The second-order valence-electron chi connectivity index (χ2n) is 2.82. The van der Waals surface area contributed by atoms with Gasteiger partial charge in [-0.3, -0.25) is 0 Å². The maximum absolute atomic E-state index is 13.2. The lowest BCUT2D eigenvalue weighted by atomic mass is 10.1. The summed E-state index contributed by atoms with van der Waals surface area (Å²) in [5.41, 5.74) is 1.79. The summed E-state index contributed by atoms with van der Waals surface area (Å²) in [7, 11) is 0. The minimum absolute atomic E-state index is 0.258. The molecule has 72 valence electrons. The summed E-state index contributed by atoms with van der Waals surface area (Å²) >= 11 is 6.83. The molecule has 0 bridgehead atoms. The fraction of sp³-hybridized carbons (Fsp3) is 0.111. The van der Waals surface area contributed by atoms with E-state index in [9.17, 15) is 4.39 Å². The van der Waals surface area contributed by atoms with Gasteiger partial charge in [-0.2, -0.15) is 8.75 Å². The van der Waals surface area contributed by atoms with Crippen LogP contribution in [0.4, 0.5) is 4.39 Å². The van der Waals surface area contributed by atoms with Crippen molar-refractivity contribution in [2.24, 2.45) is 0 Å². The molecule has 0 aliphatic heterocycles. The third-order valence-corrected chi connectivity index (χ3v) is 2.86. The van der Waals surface area contributed by atoms with Gasteiger partial charge in [0.2, 0.25) is 0 Å². The SMILES string of the molecule is Cc1c(F)cccc1-c1nsnc1Cl. The van der Waals surface area contributed by atoms with Crippen LogP contribution in [0.3, 0.4) is 0 Å². The van der Waals surface area contributed by atoms with Gasteiger partial charge in [0.15, 0.2) is 5.15 Å². The number of halogens is 2. The summed E-state index contributed by atoms with van der Waals surface area (Å²) in [6.07, 6.45) is 0. The van der Waals surface area contributed by atoms with Crippen LogP contribution in [0.25, 0.3) is 11.3 Å². The van der Waals surface area contributed by atoms with E-state index in [4.69, 9.17) is 11.6 Å². The van der Waals surface area contributed by atoms with Crippen molar-refractivity contribution in [3.05, 3.63) is 34.7 Å². The molecule has 0 radical (unpaired) electrons. The van der Waals surface area contributed by atoms with Gasteiger partial charge in [-0.25, -0.2) is 4.39 Å². The molecule has 0 aliphatic carbocycles. The maximum atomic E-state index is 13.2. The van der Waals surface area contributed by atoms with E-state index in [2.05, 4.69) is 8.75 Å². The van der Waals surface area contributed by atoms with Gasteiger partial charge < -0.3 is 0 Å². The molecule has 1 aromatic carbocycles. The van der Waals surface area contributed by atoms with Crippen LogP contribution in [-0.4, -0.2) is 8.75 Å². The predicted octanol–water partition coefficient (Wildman–Crippen LogP) is 3.31. The van der Waals surface area contributed by atoms with E-state index in [0.29, 0.717) is 22.0 Å². The quantitative estimate of drug-likeness (QED) is 0.749. The van der Waals surface area contributed by atoms with E-state index in [1.54, 1.807) is 19.1 Å². The fourth-order valence-electron chi connectivity index (χ4n) is 1.20. The molecule has 0 saturated heterocycles. The average molecular weight is 229 g/mol. The standard InChI is InChI=1S/C9H6ClFN2S/c1-5-6(3-2-4-7(5)11)8-9(10)13-14-12-8/h2-4H,1H3. The number of nitrogens with zero attached hydrogens (tertiary/aromatic N) is 2. The van der Waals surface area contributed by atoms with E-state index >= 15 is 0 Å². The Kier molecular flexibility index (Phi) is 2.48. The molecule has 0 N–H and O–H groups in total. The summed E-state index contributed by atoms with van der Waals surface area (Å²) < 4.78 is 21.1. The van der Waals surface area contributed by atoms with Crippen molar-refractivity contribution < 1.29 is 4.39 Å². The number of hydrogen-bond acceptors (Lipinski definition) is 3. The van der Waals surface area contributed by atoms with Gasteiger partial charge in [0, 0.05) is 5.56 Å². The van der Waals surface area contributed by atoms with Gasteiger partial charge in [0.05, 0.1) is 11.7 Å². The first-order valence-corrected chi connectivity index (χ1v) is 5.04. The topological polar surface area (TPSA) is 25.8 Å². The van der Waals surface area contributed by atoms with Crippen LogP contribution in [0.1, 0.15) is 5.56 Å². The highest BCUT2D eigenvalue weighted by atomic mass is 35.5. The van der Waals surface area contributed by atoms with Gasteiger partial charge >= 0.3 is 0 Å². The Hall–Kier alpha value is -1.00. The zero-order valence-electron chi connectivity index (χ0n) is 7.29. The molecule has 0 unspecified atom stereocenters. The van der Waals surface area contributed by atoms with Crippen LogP contribution in [0.2, 0.25) is 5.15 Å². The summed E-state index contributed by atoms with van der Waals surface area (Å²) in [4.78, 5) is 0. The zero-order valence-corrected chi connectivity index (χ0v) is 8.86. The minimum atomic E-state index is -0.258. The van der Waals surface area contributed by atoms with Crippen LogP contribution < -0.4 is 0 Å². The second kappa shape index (κ2) is 3.63. The molecule has 2 rings (SSSR count). The van der Waals surface area contributed by atoms with Gasteiger partial charge in [0.25, 0.3) is 0 Å². The Bertz CT molecular complexity index is 470. The molecular weight excluding hydrogens is 223 g/mol. The van der Waals surface area contributed by atoms with E-state index in [1.165, 1.54) is 6.07 Å². The zero-order chi connectivity index (χ0) is 10.1. The Morgan fingerprint density at radius 1 is 1.36 bits per heavy atom. The third kappa shape index (κ3) is 1.51. The summed E-state index contributed by atoms with van der Waals surface area (Å²) in [6.45, 7) is 1.69. The van der Waals surface area contributed by atoms with Crippen LogP contribution in [0.15, 0.2) is 18.2 Å². The molecule has 0 spiro atoms. The number of benzene rings is 1. The maximum Gasteiger partial charge on any atom is 0.170 e. The molecule has 14 heavy (non-hydrogen) atoms. The van der Waals surface area contributed by atoms with E-state index in [1.807, 2.05) is 0 Å². The molecule has 1 aromatic heterocycles. The van der Waals surface area contributed by atoms with Crippen molar-refractivity contribution >= 4 is 23.3 Å². The molecule has 1 heterocycles. The molecule has 5 heteroatoms. The minimum Gasteiger partial charge on any atom is -0.207 e. The monoisotopic (exact) mass is 228 g/mol. The van der Waals surface area contributed by atoms with Gasteiger partial charge in [-0.1, -0.05) is 23.7 Å². The summed E-state index contributed by atoms with van der Waals surface area (Å²) in [5, 5.41) is 0.323. The Labute approximate surface area is 89.7 Å². The van der Waals surface area contributed by atoms with Crippen molar-refractivity contribution in [1.29, 1.82) is 0 Å². The first-order chi connectivity index (χ1) is 6.70. The smallest absolute Gasteiger partial charge is 0.170 e. The largest absolute Gasteiger partial charge is 0.207 e. The normalized spacial score (nSPS) is 10.5. The molecule has 0 aliphatic rings. The van der Waals surface area contributed by atoms with Crippen LogP contribution in [0.5, 0.6) is 0 Å².